The van der Waals surface area contributed by atoms with Crippen molar-refractivity contribution in [2.24, 2.45) is 0 Å². The van der Waals surface area contributed by atoms with Gasteiger partial charge in [0.25, 0.3) is 0 Å². The van der Waals surface area contributed by atoms with Gasteiger partial charge in [-0.25, -0.2) is 4.79 Å². The second-order valence-corrected chi connectivity index (χ2v) is 11.4. The van der Waals surface area contributed by atoms with Crippen molar-refractivity contribution in [3.8, 4) is 0 Å². The van der Waals surface area contributed by atoms with Crippen LogP contribution >= 0.6 is 18.9 Å². The molecule has 0 saturated carbocycles. The minimum absolute atomic E-state index is 0. The van der Waals surface area contributed by atoms with Gasteiger partial charge in [0.2, 0.25) is 0 Å². The van der Waals surface area contributed by atoms with Crippen LogP contribution in [0.2, 0.25) is 5.02 Å². The van der Waals surface area contributed by atoms with Crippen LogP contribution in [0.4, 0.5) is 10.5 Å². The van der Waals surface area contributed by atoms with E-state index in [-0.39, 0.29) is 12.4 Å². The van der Waals surface area contributed by atoms with Crippen LogP contribution in [0.1, 0.15) is 0 Å². The predicted octanol–water partition coefficient (Wildman–Crippen LogP) is 2.89. The summed E-state index contributed by atoms with van der Waals surface area (Å²) in [5, 5.41) is 7.17. The third-order valence-corrected chi connectivity index (χ3v) is 9.99. The largest absolute Gasteiger partial charge is 1.00 e. The number of nitrogens with one attached hydrogen (secondary N) is 1. The summed E-state index contributed by atoms with van der Waals surface area (Å²) in [7, 11) is -2.02. The van der Waals surface area contributed by atoms with Gasteiger partial charge >= 0.3 is 6.09 Å². The van der Waals surface area contributed by atoms with E-state index in [2.05, 4.69) is 78.1 Å². The van der Waals surface area contributed by atoms with Gasteiger partial charge in [-0.05, 0) is 60.7 Å². The lowest BCUT2D eigenvalue weighted by Gasteiger charge is -2.27. The van der Waals surface area contributed by atoms with E-state index in [0.717, 1.165) is 0 Å². The zero-order valence-electron chi connectivity index (χ0n) is 17.9. The molecule has 6 heteroatoms. The molecule has 4 rings (SSSR count). The molecule has 0 bridgehead atoms. The van der Waals surface area contributed by atoms with Gasteiger partial charge < -0.3 is 17.1 Å². The molecule has 1 N–H and O–H groups in total. The zero-order chi connectivity index (χ0) is 22.2. The first-order chi connectivity index (χ1) is 15.7. The van der Waals surface area contributed by atoms with E-state index in [1.165, 1.54) is 15.9 Å². The predicted molar refractivity (Wildman–Crippen MR) is 136 cm³/mol. The van der Waals surface area contributed by atoms with Crippen molar-refractivity contribution >= 4 is 46.6 Å². The fourth-order valence-electron chi connectivity index (χ4n) is 3.84. The first-order valence-electron chi connectivity index (χ1n) is 10.4. The molecule has 0 radical (unpaired) electrons. The van der Waals surface area contributed by atoms with E-state index in [1.54, 1.807) is 24.3 Å². The zero-order valence-corrected chi connectivity index (χ0v) is 20.3. The number of benzene rings is 4. The molecule has 1 amide bonds. The number of carbonyl (C=O) groups excluding carboxylic acids is 1. The van der Waals surface area contributed by atoms with E-state index in [9.17, 15) is 4.79 Å². The van der Waals surface area contributed by atoms with Gasteiger partial charge in [0.15, 0.2) is 0 Å². The Morgan fingerprint density at radius 3 is 1.55 bits per heavy atom. The first kappa shape index (κ1) is 24.8. The molecule has 0 aromatic heterocycles. The molecule has 0 aliphatic rings. The molecule has 0 aliphatic heterocycles. The summed E-state index contributed by atoms with van der Waals surface area (Å²) in [5.41, 5.74) is 0.648. The lowest BCUT2D eigenvalue weighted by molar-refractivity contribution is -0.0000116. The third kappa shape index (κ3) is 5.94. The van der Waals surface area contributed by atoms with Crippen molar-refractivity contribution in [3.63, 3.8) is 0 Å². The Labute approximate surface area is 206 Å². The van der Waals surface area contributed by atoms with Crippen LogP contribution in [0.15, 0.2) is 115 Å². The molecule has 4 aromatic carbocycles. The fraction of sp³-hybridized carbons (Fsp3) is 0.0741. The van der Waals surface area contributed by atoms with Gasteiger partial charge in [-0.1, -0.05) is 66.2 Å². The molecule has 4 aromatic rings. The average molecular weight is 496 g/mol. The molecule has 168 valence electrons. The highest BCUT2D eigenvalue weighted by Crippen LogP contribution is 2.54. The molecule has 33 heavy (non-hydrogen) atoms. The Morgan fingerprint density at radius 2 is 1.12 bits per heavy atom. The quantitative estimate of drug-likeness (QED) is 0.400. The molecular formula is C27H24Cl2NO2P. The van der Waals surface area contributed by atoms with Crippen LogP contribution in [0.25, 0.3) is 0 Å². The van der Waals surface area contributed by atoms with Gasteiger partial charge in [0, 0.05) is 10.7 Å². The van der Waals surface area contributed by atoms with Crippen LogP contribution in [0.5, 0.6) is 0 Å². The van der Waals surface area contributed by atoms with E-state index in [1.807, 2.05) is 18.2 Å². The molecule has 0 spiro atoms. The van der Waals surface area contributed by atoms with Gasteiger partial charge in [0.05, 0.1) is 0 Å². The topological polar surface area (TPSA) is 38.3 Å². The van der Waals surface area contributed by atoms with E-state index < -0.39 is 13.4 Å². The van der Waals surface area contributed by atoms with Crippen molar-refractivity contribution in [1.82, 2.24) is 0 Å². The van der Waals surface area contributed by atoms with Crippen LogP contribution in [-0.4, -0.2) is 18.9 Å². The second kappa shape index (κ2) is 11.9. The number of anilines is 1. The van der Waals surface area contributed by atoms with Crippen molar-refractivity contribution in [2.45, 2.75) is 0 Å². The summed E-state index contributed by atoms with van der Waals surface area (Å²) in [6, 6.07) is 38.6. The van der Waals surface area contributed by atoms with Gasteiger partial charge in [-0.2, -0.15) is 0 Å². The highest BCUT2D eigenvalue weighted by atomic mass is 35.5. The highest BCUT2D eigenvalue weighted by Gasteiger charge is 2.45. The molecular weight excluding hydrogens is 472 g/mol. The molecule has 0 aliphatic carbocycles. The van der Waals surface area contributed by atoms with E-state index in [4.69, 9.17) is 16.3 Å². The summed E-state index contributed by atoms with van der Waals surface area (Å²) in [6.07, 6.45) is 0.235. The molecule has 0 fully saturated rings. The number of carbonyl (C=O) groups is 1. The van der Waals surface area contributed by atoms with Crippen LogP contribution < -0.4 is 33.6 Å². The highest BCUT2D eigenvalue weighted by molar-refractivity contribution is 7.95. The smallest absolute Gasteiger partial charge is 0.411 e. The number of hydrogen-bond donors (Lipinski definition) is 1. The normalized spacial score (nSPS) is 10.7. The number of hydrogen-bond acceptors (Lipinski definition) is 2. The molecule has 0 unspecified atom stereocenters. The summed E-state index contributed by atoms with van der Waals surface area (Å²) in [5.74, 6) is 0. The SMILES string of the molecule is O=C(Nc1ccc(Cl)cc1)OCC[P+](c1ccccc1)(c1ccccc1)c1ccccc1.[Cl-]. The lowest BCUT2D eigenvalue weighted by atomic mass is 10.3. The third-order valence-electron chi connectivity index (χ3n) is 5.34. The maximum Gasteiger partial charge on any atom is 0.411 e. The summed E-state index contributed by atoms with van der Waals surface area (Å²) >= 11 is 5.92. The minimum Gasteiger partial charge on any atom is -1.00 e. The Morgan fingerprint density at radius 1 is 0.697 bits per heavy atom. The number of amides is 1. The summed E-state index contributed by atoms with van der Waals surface area (Å²) < 4.78 is 5.64. The van der Waals surface area contributed by atoms with Gasteiger partial charge in [0.1, 0.15) is 35.9 Å². The molecule has 0 atom stereocenters. The standard InChI is InChI=1S/C27H23ClNO2P.ClH/c28-22-16-18-23(19-17-22)29-27(30)31-20-21-32(24-10-4-1-5-11-24,25-12-6-2-7-13-25)26-14-8-3-9-15-26;/h1-19H,20-21H2;1H. The Bertz CT molecular complexity index is 1040. The maximum absolute atomic E-state index is 12.4. The Hall–Kier alpha value is -2.84. The monoisotopic (exact) mass is 495 g/mol. The van der Waals surface area contributed by atoms with Gasteiger partial charge in [-0.3, -0.25) is 5.32 Å². The second-order valence-electron chi connectivity index (χ2n) is 7.31. The molecule has 0 heterocycles. The number of ether oxygens (including phenoxy) is 1. The molecule has 3 nitrogen and oxygen atoms in total. The summed E-state index contributed by atoms with van der Waals surface area (Å²) in [6.45, 7) is 0.298. The Balaban J connectivity index is 0.00000306. The van der Waals surface area contributed by atoms with Gasteiger partial charge in [-0.15, -0.1) is 0 Å². The van der Waals surface area contributed by atoms with E-state index >= 15 is 0 Å². The lowest BCUT2D eigenvalue weighted by Crippen LogP contribution is -3.00. The maximum atomic E-state index is 12.4. The average Bonchev–Trinajstić information content (AvgIpc) is 2.85. The van der Waals surface area contributed by atoms with Crippen molar-refractivity contribution < 1.29 is 21.9 Å². The van der Waals surface area contributed by atoms with Crippen molar-refractivity contribution in [2.75, 3.05) is 18.1 Å². The van der Waals surface area contributed by atoms with Crippen LogP contribution in [0.3, 0.4) is 0 Å². The van der Waals surface area contributed by atoms with Crippen molar-refractivity contribution in [3.05, 3.63) is 120 Å². The van der Waals surface area contributed by atoms with E-state index in [0.29, 0.717) is 23.5 Å². The van der Waals surface area contributed by atoms with Crippen molar-refractivity contribution in [1.29, 1.82) is 0 Å². The minimum atomic E-state index is -2.02. The van der Waals surface area contributed by atoms with Crippen LogP contribution in [0, 0.1) is 0 Å². The number of rotatable bonds is 7. The molecule has 0 saturated heterocycles. The summed E-state index contributed by atoms with van der Waals surface area (Å²) in [4.78, 5) is 12.4. The Kier molecular flexibility index (Phi) is 8.91. The number of halogens is 2. The first-order valence-corrected chi connectivity index (χ1v) is 12.8. The van der Waals surface area contributed by atoms with Crippen LogP contribution in [-0.2, 0) is 4.74 Å². The fourth-order valence-corrected chi connectivity index (χ4v) is 8.05.